The minimum Gasteiger partial charge on any atom is -0.379 e. The molecule has 0 aliphatic carbocycles. The summed E-state index contributed by atoms with van der Waals surface area (Å²) in [5.41, 5.74) is 0.963. The molecule has 0 spiro atoms. The predicted molar refractivity (Wildman–Crippen MR) is 122 cm³/mol. The Morgan fingerprint density at radius 3 is 2.71 bits per heavy atom. The van der Waals surface area contributed by atoms with E-state index < -0.39 is 0 Å². The van der Waals surface area contributed by atoms with Crippen LogP contribution in [0, 0.1) is 11.7 Å². The highest BCUT2D eigenvalue weighted by Gasteiger charge is 2.24. The third-order valence-corrected chi connectivity index (χ3v) is 5.75. The fourth-order valence-electron chi connectivity index (χ4n) is 4.27. The number of halogens is 1. The van der Waals surface area contributed by atoms with Crippen LogP contribution >= 0.6 is 0 Å². The van der Waals surface area contributed by atoms with Gasteiger partial charge < -0.3 is 20.1 Å². The summed E-state index contributed by atoms with van der Waals surface area (Å²) in [6.07, 6.45) is 0.143. The second-order valence-corrected chi connectivity index (χ2v) is 8.70. The fourth-order valence-corrected chi connectivity index (χ4v) is 4.27. The highest BCUT2D eigenvalue weighted by molar-refractivity contribution is 5.79. The molecule has 2 saturated heterocycles. The maximum atomic E-state index is 13.9. The third kappa shape index (κ3) is 7.71. The number of nitrogens with zero attached hydrogens (tertiary/aromatic N) is 3. The van der Waals surface area contributed by atoms with Gasteiger partial charge in [0.1, 0.15) is 5.82 Å². The summed E-state index contributed by atoms with van der Waals surface area (Å²) in [6.45, 7) is 12.7. The van der Waals surface area contributed by atoms with Crippen molar-refractivity contribution in [3.8, 4) is 0 Å². The molecule has 8 heteroatoms. The molecule has 0 amide bonds. The number of rotatable bonds is 8. The van der Waals surface area contributed by atoms with Crippen molar-refractivity contribution < 1.29 is 13.9 Å². The summed E-state index contributed by atoms with van der Waals surface area (Å²) < 4.78 is 25.3. The molecule has 0 aromatic heterocycles. The van der Waals surface area contributed by atoms with Crippen molar-refractivity contribution in [1.29, 1.82) is 0 Å². The lowest BCUT2D eigenvalue weighted by molar-refractivity contribution is -0.0284. The number of hydrogen-bond donors (Lipinski definition) is 2. The zero-order valence-corrected chi connectivity index (χ0v) is 19.1. The standard InChI is InChI=1S/C23H38FN5O2/c1-18(2)16-28-7-12-31-21(17-28)14-26-23(25-3)27-15-22(29-8-10-30-11-9-29)19-5-4-6-20(24)13-19/h4-6,13,18,21-22H,7-12,14-17H2,1-3H3,(H2,25,26,27). The van der Waals surface area contributed by atoms with Gasteiger partial charge in [0.2, 0.25) is 0 Å². The monoisotopic (exact) mass is 435 g/mol. The highest BCUT2D eigenvalue weighted by atomic mass is 19.1. The smallest absolute Gasteiger partial charge is 0.191 e. The molecule has 2 aliphatic rings. The van der Waals surface area contributed by atoms with Crippen molar-refractivity contribution in [3.63, 3.8) is 0 Å². The topological polar surface area (TPSA) is 61.4 Å². The maximum Gasteiger partial charge on any atom is 0.191 e. The Hall–Kier alpha value is -1.74. The van der Waals surface area contributed by atoms with E-state index in [1.54, 1.807) is 19.2 Å². The van der Waals surface area contributed by atoms with Crippen LogP contribution in [0.5, 0.6) is 0 Å². The molecule has 2 heterocycles. The molecule has 0 saturated carbocycles. The Morgan fingerprint density at radius 1 is 1.19 bits per heavy atom. The van der Waals surface area contributed by atoms with Gasteiger partial charge in [-0.15, -0.1) is 0 Å². The number of morpholine rings is 2. The molecule has 0 bridgehead atoms. The van der Waals surface area contributed by atoms with Gasteiger partial charge in [-0.3, -0.25) is 14.8 Å². The van der Waals surface area contributed by atoms with E-state index in [-0.39, 0.29) is 18.0 Å². The average Bonchev–Trinajstić information content (AvgIpc) is 2.76. The molecule has 3 rings (SSSR count). The number of ether oxygens (including phenoxy) is 2. The van der Waals surface area contributed by atoms with Crippen molar-refractivity contribution in [3.05, 3.63) is 35.6 Å². The van der Waals surface area contributed by atoms with Crippen LogP contribution < -0.4 is 10.6 Å². The van der Waals surface area contributed by atoms with Gasteiger partial charge in [0.15, 0.2) is 5.96 Å². The number of aliphatic imine (C=N–C) groups is 1. The van der Waals surface area contributed by atoms with E-state index in [2.05, 4.69) is 39.3 Å². The quantitative estimate of drug-likeness (QED) is 0.479. The van der Waals surface area contributed by atoms with Gasteiger partial charge >= 0.3 is 0 Å². The SMILES string of the molecule is CN=C(NCC1CN(CC(C)C)CCO1)NCC(c1cccc(F)c1)N1CCOCC1. The molecule has 2 unspecified atom stereocenters. The second-order valence-electron chi connectivity index (χ2n) is 8.70. The molecular weight excluding hydrogens is 397 g/mol. The molecule has 174 valence electrons. The van der Waals surface area contributed by atoms with Gasteiger partial charge in [-0.1, -0.05) is 26.0 Å². The molecule has 2 atom stereocenters. The van der Waals surface area contributed by atoms with Crippen LogP contribution in [-0.4, -0.2) is 94.5 Å². The van der Waals surface area contributed by atoms with E-state index in [4.69, 9.17) is 9.47 Å². The first-order chi connectivity index (χ1) is 15.0. The molecule has 1 aromatic rings. The van der Waals surface area contributed by atoms with Crippen molar-refractivity contribution in [1.82, 2.24) is 20.4 Å². The normalized spacial score (nSPS) is 22.5. The summed E-state index contributed by atoms with van der Waals surface area (Å²) in [6, 6.07) is 6.91. The number of nitrogens with one attached hydrogen (secondary N) is 2. The molecule has 1 aromatic carbocycles. The average molecular weight is 436 g/mol. The lowest BCUT2D eigenvalue weighted by Gasteiger charge is -2.35. The Kier molecular flexibility index (Phi) is 9.52. The van der Waals surface area contributed by atoms with E-state index in [1.807, 2.05) is 6.07 Å². The van der Waals surface area contributed by atoms with Gasteiger partial charge in [-0.25, -0.2) is 4.39 Å². The molecule has 31 heavy (non-hydrogen) atoms. The van der Waals surface area contributed by atoms with E-state index in [1.165, 1.54) is 6.07 Å². The Morgan fingerprint density at radius 2 is 2.00 bits per heavy atom. The summed E-state index contributed by atoms with van der Waals surface area (Å²) in [5.74, 6) is 1.18. The Bertz CT molecular complexity index is 696. The van der Waals surface area contributed by atoms with Crippen molar-refractivity contribution >= 4 is 5.96 Å². The van der Waals surface area contributed by atoms with Crippen LogP contribution in [0.2, 0.25) is 0 Å². The van der Waals surface area contributed by atoms with Gasteiger partial charge in [0.05, 0.1) is 32.0 Å². The second kappa shape index (κ2) is 12.3. The minimum absolute atomic E-state index is 0.0469. The molecular formula is C23H38FN5O2. The molecule has 2 aliphatic heterocycles. The zero-order valence-electron chi connectivity index (χ0n) is 19.1. The van der Waals surface area contributed by atoms with Crippen molar-refractivity contribution in [2.75, 3.05) is 72.7 Å². The summed E-state index contributed by atoms with van der Waals surface area (Å²) in [7, 11) is 1.77. The molecule has 0 radical (unpaired) electrons. The number of benzene rings is 1. The third-order valence-electron chi connectivity index (χ3n) is 5.75. The van der Waals surface area contributed by atoms with Crippen LogP contribution in [0.15, 0.2) is 29.3 Å². The van der Waals surface area contributed by atoms with E-state index in [0.717, 1.165) is 50.9 Å². The van der Waals surface area contributed by atoms with Gasteiger partial charge in [0, 0.05) is 52.9 Å². The molecule has 2 N–H and O–H groups in total. The number of guanidine groups is 1. The molecule has 2 fully saturated rings. The fraction of sp³-hybridized carbons (Fsp3) is 0.696. The number of hydrogen-bond acceptors (Lipinski definition) is 5. The van der Waals surface area contributed by atoms with Gasteiger partial charge in [0.25, 0.3) is 0 Å². The van der Waals surface area contributed by atoms with Crippen LogP contribution in [0.4, 0.5) is 4.39 Å². The maximum absolute atomic E-state index is 13.9. The van der Waals surface area contributed by atoms with Crippen LogP contribution in [-0.2, 0) is 9.47 Å². The Labute approximate surface area is 186 Å². The van der Waals surface area contributed by atoms with Crippen molar-refractivity contribution in [2.45, 2.75) is 26.0 Å². The van der Waals surface area contributed by atoms with E-state index in [0.29, 0.717) is 32.2 Å². The molecule has 7 nitrogen and oxygen atoms in total. The first kappa shape index (κ1) is 23.9. The lowest BCUT2D eigenvalue weighted by atomic mass is 10.0. The van der Waals surface area contributed by atoms with Crippen molar-refractivity contribution in [2.24, 2.45) is 10.9 Å². The summed E-state index contributed by atoms with van der Waals surface area (Å²) >= 11 is 0. The summed E-state index contributed by atoms with van der Waals surface area (Å²) in [4.78, 5) is 9.18. The predicted octanol–water partition coefficient (Wildman–Crippen LogP) is 1.72. The first-order valence-corrected chi connectivity index (χ1v) is 11.4. The van der Waals surface area contributed by atoms with Gasteiger partial charge in [-0.2, -0.15) is 0 Å². The zero-order chi connectivity index (χ0) is 22.1. The highest BCUT2D eigenvalue weighted by Crippen LogP contribution is 2.22. The van der Waals surface area contributed by atoms with Crippen LogP contribution in [0.3, 0.4) is 0 Å². The van der Waals surface area contributed by atoms with Crippen LogP contribution in [0.25, 0.3) is 0 Å². The van der Waals surface area contributed by atoms with E-state index >= 15 is 0 Å². The Balaban J connectivity index is 1.54. The lowest BCUT2D eigenvalue weighted by Crippen LogP contribution is -2.51. The largest absolute Gasteiger partial charge is 0.379 e. The first-order valence-electron chi connectivity index (χ1n) is 11.4. The minimum atomic E-state index is -0.210. The van der Waals surface area contributed by atoms with E-state index in [9.17, 15) is 4.39 Å². The van der Waals surface area contributed by atoms with Gasteiger partial charge in [-0.05, 0) is 23.6 Å². The van der Waals surface area contributed by atoms with Crippen LogP contribution in [0.1, 0.15) is 25.5 Å². The summed E-state index contributed by atoms with van der Waals surface area (Å²) in [5, 5.41) is 6.84.